The van der Waals surface area contributed by atoms with Crippen LogP contribution in [-0.4, -0.2) is 14.9 Å². The van der Waals surface area contributed by atoms with Gasteiger partial charge in [-0.25, -0.2) is 0 Å². The Morgan fingerprint density at radius 2 is 2.25 bits per heavy atom. The summed E-state index contributed by atoms with van der Waals surface area (Å²) in [6.07, 6.45) is 1.03. The number of aliphatic hydroxyl groups is 1. The minimum atomic E-state index is -0.656. The van der Waals surface area contributed by atoms with Crippen molar-refractivity contribution >= 4 is 38.5 Å². The van der Waals surface area contributed by atoms with Gasteiger partial charge in [0.25, 0.3) is 0 Å². The summed E-state index contributed by atoms with van der Waals surface area (Å²) in [6.45, 7) is 0. The number of benzene rings is 1. The summed E-state index contributed by atoms with van der Waals surface area (Å²) in [5.41, 5.74) is 1.64. The van der Waals surface area contributed by atoms with Crippen molar-refractivity contribution in [2.24, 2.45) is 7.05 Å². The van der Waals surface area contributed by atoms with E-state index >= 15 is 0 Å². The summed E-state index contributed by atoms with van der Waals surface area (Å²) >= 11 is 5.62. The fourth-order valence-electron chi connectivity index (χ4n) is 1.56. The van der Waals surface area contributed by atoms with Gasteiger partial charge in [0.15, 0.2) is 0 Å². The quantitative estimate of drug-likeness (QED) is 0.798. The first kappa shape index (κ1) is 12.1. The van der Waals surface area contributed by atoms with Crippen LogP contribution in [0, 0.1) is 3.57 Å². The van der Waals surface area contributed by atoms with Crippen molar-refractivity contribution in [2.75, 3.05) is 0 Å². The molecule has 0 aliphatic rings. The molecule has 84 valence electrons. The Morgan fingerprint density at radius 1 is 1.50 bits per heavy atom. The van der Waals surface area contributed by atoms with Crippen LogP contribution in [-0.2, 0) is 7.05 Å². The molecule has 0 radical (unpaired) electrons. The predicted molar refractivity (Wildman–Crippen MR) is 74.1 cm³/mol. The molecule has 0 spiro atoms. The largest absolute Gasteiger partial charge is 0.382 e. The molecule has 5 heteroatoms. The highest BCUT2D eigenvalue weighted by Crippen LogP contribution is 2.28. The first-order chi connectivity index (χ1) is 7.59. The Hall–Kier alpha value is -0.400. The molecule has 1 aromatic heterocycles. The minimum Gasteiger partial charge on any atom is -0.382 e. The third kappa shape index (κ3) is 2.31. The monoisotopic (exact) mass is 392 g/mol. The van der Waals surface area contributed by atoms with Crippen molar-refractivity contribution in [2.45, 2.75) is 6.10 Å². The molecule has 0 aliphatic carbocycles. The summed E-state index contributed by atoms with van der Waals surface area (Å²) in [7, 11) is 1.82. The van der Waals surface area contributed by atoms with Crippen molar-refractivity contribution in [3.05, 3.63) is 49.8 Å². The molecule has 3 nitrogen and oxygen atoms in total. The second-order valence-electron chi connectivity index (χ2n) is 3.46. The zero-order valence-corrected chi connectivity index (χ0v) is 12.3. The van der Waals surface area contributed by atoms with Gasteiger partial charge in [0.2, 0.25) is 0 Å². The SMILES string of the molecule is Cn1ncc(Br)c1C(O)c1cccc(I)c1. The standard InChI is InChI=1S/C11H10BrIN2O/c1-15-10(9(12)6-14-15)11(16)7-3-2-4-8(13)5-7/h2-6,11,16H,1H3. The van der Waals surface area contributed by atoms with Crippen molar-refractivity contribution < 1.29 is 5.11 Å². The van der Waals surface area contributed by atoms with E-state index in [0.29, 0.717) is 0 Å². The molecule has 1 aromatic carbocycles. The van der Waals surface area contributed by atoms with Crippen LogP contribution in [0.15, 0.2) is 34.9 Å². The van der Waals surface area contributed by atoms with E-state index in [9.17, 15) is 5.11 Å². The van der Waals surface area contributed by atoms with Crippen molar-refractivity contribution in [3.63, 3.8) is 0 Å². The maximum atomic E-state index is 10.3. The molecule has 1 N–H and O–H groups in total. The molecule has 16 heavy (non-hydrogen) atoms. The van der Waals surface area contributed by atoms with E-state index in [-0.39, 0.29) is 0 Å². The summed E-state index contributed by atoms with van der Waals surface area (Å²) in [6, 6.07) is 7.80. The van der Waals surface area contributed by atoms with Crippen LogP contribution in [0.1, 0.15) is 17.4 Å². The smallest absolute Gasteiger partial charge is 0.122 e. The summed E-state index contributed by atoms with van der Waals surface area (Å²) in [5, 5.41) is 14.4. The highest BCUT2D eigenvalue weighted by atomic mass is 127. The van der Waals surface area contributed by atoms with Gasteiger partial charge in [-0.05, 0) is 56.2 Å². The number of rotatable bonds is 2. The van der Waals surface area contributed by atoms with Gasteiger partial charge in [0.05, 0.1) is 16.4 Å². The molecule has 0 bridgehead atoms. The lowest BCUT2D eigenvalue weighted by Gasteiger charge is -2.12. The van der Waals surface area contributed by atoms with E-state index in [4.69, 9.17) is 0 Å². The third-order valence-electron chi connectivity index (χ3n) is 2.36. The van der Waals surface area contributed by atoms with Gasteiger partial charge in [-0.2, -0.15) is 5.10 Å². The van der Waals surface area contributed by atoms with Crippen LogP contribution in [0.4, 0.5) is 0 Å². The zero-order chi connectivity index (χ0) is 11.7. The summed E-state index contributed by atoms with van der Waals surface area (Å²) < 4.78 is 3.60. The van der Waals surface area contributed by atoms with Gasteiger partial charge in [-0.15, -0.1) is 0 Å². The number of halogens is 2. The maximum absolute atomic E-state index is 10.3. The van der Waals surface area contributed by atoms with Gasteiger partial charge < -0.3 is 5.11 Å². The Balaban J connectivity index is 2.43. The van der Waals surface area contributed by atoms with E-state index in [1.54, 1.807) is 10.9 Å². The molecule has 2 rings (SSSR count). The molecule has 2 aromatic rings. The maximum Gasteiger partial charge on any atom is 0.122 e. The second kappa shape index (κ2) is 4.85. The second-order valence-corrected chi connectivity index (χ2v) is 5.56. The van der Waals surface area contributed by atoms with Gasteiger partial charge in [-0.1, -0.05) is 12.1 Å². The average molecular weight is 393 g/mol. The van der Waals surface area contributed by atoms with E-state index < -0.39 is 6.10 Å². The first-order valence-corrected chi connectivity index (χ1v) is 6.57. The van der Waals surface area contributed by atoms with Crippen LogP contribution >= 0.6 is 38.5 Å². The Bertz CT molecular complexity index is 493. The topological polar surface area (TPSA) is 38.0 Å². The van der Waals surface area contributed by atoms with Crippen molar-refractivity contribution in [3.8, 4) is 0 Å². The Morgan fingerprint density at radius 3 is 2.81 bits per heavy atom. The third-order valence-corrected chi connectivity index (χ3v) is 3.64. The highest BCUT2D eigenvalue weighted by Gasteiger charge is 2.17. The molecule has 0 fully saturated rings. The molecule has 0 amide bonds. The van der Waals surface area contributed by atoms with Crippen LogP contribution in [0.25, 0.3) is 0 Å². The molecular weight excluding hydrogens is 383 g/mol. The molecular formula is C11H10BrIN2O. The van der Waals surface area contributed by atoms with Crippen molar-refractivity contribution in [1.82, 2.24) is 9.78 Å². The zero-order valence-electron chi connectivity index (χ0n) is 8.56. The number of hydrogen-bond acceptors (Lipinski definition) is 2. The average Bonchev–Trinajstić information content (AvgIpc) is 2.58. The van der Waals surface area contributed by atoms with E-state index in [0.717, 1.165) is 19.3 Å². The van der Waals surface area contributed by atoms with Crippen LogP contribution < -0.4 is 0 Å². The number of nitrogens with zero attached hydrogens (tertiary/aromatic N) is 2. The van der Waals surface area contributed by atoms with E-state index in [1.807, 2.05) is 31.3 Å². The van der Waals surface area contributed by atoms with Gasteiger partial charge in [-0.3, -0.25) is 4.68 Å². The van der Waals surface area contributed by atoms with Crippen molar-refractivity contribution in [1.29, 1.82) is 0 Å². The van der Waals surface area contributed by atoms with E-state index in [2.05, 4.69) is 43.6 Å². The van der Waals surface area contributed by atoms with Gasteiger partial charge in [0, 0.05) is 10.6 Å². The predicted octanol–water partition coefficient (Wildman–Crippen LogP) is 2.87. The van der Waals surface area contributed by atoms with Gasteiger partial charge in [0.1, 0.15) is 6.10 Å². The number of aliphatic hydroxyl groups excluding tert-OH is 1. The molecule has 0 aliphatic heterocycles. The fourth-order valence-corrected chi connectivity index (χ4v) is 2.69. The van der Waals surface area contributed by atoms with Gasteiger partial charge >= 0.3 is 0 Å². The molecule has 1 heterocycles. The Kier molecular flexibility index (Phi) is 3.66. The molecule has 0 saturated carbocycles. The summed E-state index contributed by atoms with van der Waals surface area (Å²) in [4.78, 5) is 0. The molecule has 0 saturated heterocycles. The van der Waals surface area contributed by atoms with Crippen LogP contribution in [0.3, 0.4) is 0 Å². The lowest BCUT2D eigenvalue weighted by molar-refractivity contribution is 0.209. The molecule has 1 atom stereocenters. The number of aryl methyl sites for hydroxylation is 1. The lowest BCUT2D eigenvalue weighted by Crippen LogP contribution is -2.07. The summed E-state index contributed by atoms with van der Waals surface area (Å²) in [5.74, 6) is 0. The lowest BCUT2D eigenvalue weighted by atomic mass is 10.1. The van der Waals surface area contributed by atoms with Crippen LogP contribution in [0.5, 0.6) is 0 Å². The fraction of sp³-hybridized carbons (Fsp3) is 0.182. The minimum absolute atomic E-state index is 0.656. The molecule has 1 unspecified atom stereocenters. The van der Waals surface area contributed by atoms with E-state index in [1.165, 1.54) is 0 Å². The number of aromatic nitrogens is 2. The normalized spacial score (nSPS) is 12.8. The highest BCUT2D eigenvalue weighted by molar-refractivity contribution is 14.1. The number of hydrogen-bond donors (Lipinski definition) is 1. The first-order valence-electron chi connectivity index (χ1n) is 4.70. The van der Waals surface area contributed by atoms with Crippen LogP contribution in [0.2, 0.25) is 0 Å². The Labute approximate surface area is 116 Å².